The normalized spacial score (nSPS) is 18.5. The minimum atomic E-state index is -1.13. The van der Waals surface area contributed by atoms with Crippen molar-refractivity contribution in [2.75, 3.05) is 18.4 Å². The number of hydrogen-bond donors (Lipinski definition) is 2. The molecule has 2 amide bonds. The Kier molecular flexibility index (Phi) is 5.00. The molecule has 3 heterocycles. The van der Waals surface area contributed by atoms with Crippen LogP contribution in [0.3, 0.4) is 0 Å². The highest BCUT2D eigenvalue weighted by atomic mass is 19.2. The number of hydrogen-bond acceptors (Lipinski definition) is 3. The second kappa shape index (κ2) is 7.85. The number of fused-ring (bicyclic) bond motifs is 1. The maximum Gasteiger partial charge on any atom is 0.257 e. The van der Waals surface area contributed by atoms with Crippen molar-refractivity contribution in [2.24, 2.45) is 11.8 Å². The predicted octanol–water partition coefficient (Wildman–Crippen LogP) is 4.37. The summed E-state index contributed by atoms with van der Waals surface area (Å²) < 4.78 is 27.7. The lowest BCUT2D eigenvalue weighted by Gasteiger charge is -2.32. The van der Waals surface area contributed by atoms with E-state index >= 15 is 0 Å². The van der Waals surface area contributed by atoms with Gasteiger partial charge in [0, 0.05) is 30.6 Å². The highest BCUT2D eigenvalue weighted by molar-refractivity contribution is 5.98. The molecular weight excluding hydrogens is 414 g/mol. The lowest BCUT2D eigenvalue weighted by molar-refractivity contribution is -0.117. The summed E-state index contributed by atoms with van der Waals surface area (Å²) in [5, 5.41) is 3.82. The molecule has 2 N–H and O–H groups in total. The third-order valence-corrected chi connectivity index (χ3v) is 6.07. The number of halogens is 2. The SMILES string of the molecule is CC1CN(C(=O)c2cccc(F)c2F)CC=C1c1cc(NC(=O)C2CC2)nc2[nH]ccc12. The van der Waals surface area contributed by atoms with Crippen molar-refractivity contribution in [3.63, 3.8) is 0 Å². The van der Waals surface area contributed by atoms with E-state index in [2.05, 4.69) is 15.3 Å². The van der Waals surface area contributed by atoms with E-state index in [9.17, 15) is 18.4 Å². The number of carbonyl (C=O) groups is 2. The van der Waals surface area contributed by atoms with Gasteiger partial charge in [0.2, 0.25) is 5.91 Å². The van der Waals surface area contributed by atoms with Gasteiger partial charge in [-0.2, -0.15) is 0 Å². The van der Waals surface area contributed by atoms with Gasteiger partial charge in [0.1, 0.15) is 11.5 Å². The van der Waals surface area contributed by atoms with E-state index in [4.69, 9.17) is 0 Å². The Labute approximate surface area is 183 Å². The molecule has 0 radical (unpaired) electrons. The van der Waals surface area contributed by atoms with Crippen LogP contribution in [-0.4, -0.2) is 39.8 Å². The van der Waals surface area contributed by atoms with Crippen molar-refractivity contribution in [1.82, 2.24) is 14.9 Å². The van der Waals surface area contributed by atoms with E-state index in [0.717, 1.165) is 35.4 Å². The summed E-state index contributed by atoms with van der Waals surface area (Å²) in [6.45, 7) is 2.61. The van der Waals surface area contributed by atoms with Crippen LogP contribution >= 0.6 is 0 Å². The molecule has 3 aromatic rings. The zero-order valence-corrected chi connectivity index (χ0v) is 17.5. The lowest BCUT2D eigenvalue weighted by Crippen LogP contribution is -2.38. The van der Waals surface area contributed by atoms with Gasteiger partial charge >= 0.3 is 0 Å². The number of rotatable bonds is 4. The van der Waals surface area contributed by atoms with Crippen LogP contribution in [-0.2, 0) is 4.79 Å². The smallest absolute Gasteiger partial charge is 0.257 e. The van der Waals surface area contributed by atoms with E-state index in [1.165, 1.54) is 17.0 Å². The highest BCUT2D eigenvalue weighted by Crippen LogP contribution is 2.35. The number of nitrogens with one attached hydrogen (secondary N) is 2. The number of aromatic amines is 1. The third-order valence-electron chi connectivity index (χ3n) is 6.07. The maximum atomic E-state index is 14.1. The molecule has 6 nitrogen and oxygen atoms in total. The standard InChI is InChI=1S/C24H22F2N4O2/c1-13-12-30(24(32)17-3-2-4-19(25)21(17)26)10-8-15(13)18-11-20(29-23(31)14-5-6-14)28-22-16(18)7-9-27-22/h2-4,7-9,11,13-14H,5-6,10,12H2,1H3,(H2,27,28,29,31). The third kappa shape index (κ3) is 3.66. The molecule has 1 unspecified atom stereocenters. The van der Waals surface area contributed by atoms with Crippen LogP contribution < -0.4 is 5.32 Å². The van der Waals surface area contributed by atoms with Crippen LogP contribution in [0.25, 0.3) is 16.6 Å². The molecule has 2 aliphatic rings. The zero-order valence-electron chi connectivity index (χ0n) is 17.5. The van der Waals surface area contributed by atoms with Gasteiger partial charge in [-0.1, -0.05) is 19.1 Å². The van der Waals surface area contributed by atoms with Crippen LogP contribution in [0.15, 0.2) is 42.6 Å². The number of carbonyl (C=O) groups excluding carboxylic acids is 2. The molecule has 1 fully saturated rings. The predicted molar refractivity (Wildman–Crippen MR) is 117 cm³/mol. The number of pyridine rings is 1. The molecule has 1 aliphatic heterocycles. The van der Waals surface area contributed by atoms with Gasteiger partial charge < -0.3 is 15.2 Å². The van der Waals surface area contributed by atoms with Crippen LogP contribution in [0.5, 0.6) is 0 Å². The van der Waals surface area contributed by atoms with Crippen molar-refractivity contribution in [1.29, 1.82) is 0 Å². The van der Waals surface area contributed by atoms with Crippen LogP contribution in [0.2, 0.25) is 0 Å². The Morgan fingerprint density at radius 1 is 1.22 bits per heavy atom. The molecule has 2 aromatic heterocycles. The molecule has 1 aliphatic carbocycles. The van der Waals surface area contributed by atoms with E-state index in [1.807, 2.05) is 25.1 Å². The fourth-order valence-corrected chi connectivity index (χ4v) is 4.21. The molecule has 1 aromatic carbocycles. The fourth-order valence-electron chi connectivity index (χ4n) is 4.21. The second-order valence-electron chi connectivity index (χ2n) is 8.43. The molecule has 0 spiro atoms. The second-order valence-corrected chi connectivity index (χ2v) is 8.43. The first-order chi connectivity index (χ1) is 15.4. The maximum absolute atomic E-state index is 14.1. The van der Waals surface area contributed by atoms with Gasteiger partial charge in [0.15, 0.2) is 11.6 Å². The molecule has 1 saturated carbocycles. The lowest BCUT2D eigenvalue weighted by atomic mass is 9.89. The van der Waals surface area contributed by atoms with Crippen LogP contribution in [0.4, 0.5) is 14.6 Å². The number of nitrogens with zero attached hydrogens (tertiary/aromatic N) is 2. The molecule has 164 valence electrons. The average Bonchev–Trinajstić information content (AvgIpc) is 3.53. The van der Waals surface area contributed by atoms with E-state index in [1.54, 1.807) is 6.20 Å². The van der Waals surface area contributed by atoms with E-state index < -0.39 is 17.5 Å². The fraction of sp³-hybridized carbons (Fsp3) is 0.292. The molecule has 0 bridgehead atoms. The van der Waals surface area contributed by atoms with Crippen molar-refractivity contribution in [2.45, 2.75) is 19.8 Å². The Hall–Kier alpha value is -3.55. The van der Waals surface area contributed by atoms with Gasteiger partial charge in [-0.25, -0.2) is 13.8 Å². The largest absolute Gasteiger partial charge is 0.346 e. The van der Waals surface area contributed by atoms with Crippen LogP contribution in [0, 0.1) is 23.5 Å². The first kappa shape index (κ1) is 20.4. The molecular formula is C24H22F2N4O2. The van der Waals surface area contributed by atoms with E-state index in [-0.39, 0.29) is 29.9 Å². The molecule has 1 atom stereocenters. The quantitative estimate of drug-likeness (QED) is 0.638. The summed E-state index contributed by atoms with van der Waals surface area (Å²) in [4.78, 5) is 34.2. The average molecular weight is 436 g/mol. The number of anilines is 1. The molecule has 32 heavy (non-hydrogen) atoms. The topological polar surface area (TPSA) is 78.1 Å². The summed E-state index contributed by atoms with van der Waals surface area (Å²) in [7, 11) is 0. The highest BCUT2D eigenvalue weighted by Gasteiger charge is 2.31. The van der Waals surface area contributed by atoms with Gasteiger partial charge in [-0.05, 0) is 54.2 Å². The summed E-state index contributed by atoms with van der Waals surface area (Å²) in [5.74, 6) is -2.23. The van der Waals surface area contributed by atoms with Gasteiger partial charge in [0.25, 0.3) is 5.91 Å². The van der Waals surface area contributed by atoms with Crippen LogP contribution in [0.1, 0.15) is 35.7 Å². The monoisotopic (exact) mass is 436 g/mol. The number of aromatic nitrogens is 2. The van der Waals surface area contributed by atoms with Gasteiger partial charge in [-0.15, -0.1) is 0 Å². The van der Waals surface area contributed by atoms with Crippen molar-refractivity contribution in [3.05, 3.63) is 65.4 Å². The molecule has 8 heteroatoms. The summed E-state index contributed by atoms with van der Waals surface area (Å²) in [6, 6.07) is 7.41. The molecule has 5 rings (SSSR count). The Morgan fingerprint density at radius 3 is 2.78 bits per heavy atom. The van der Waals surface area contributed by atoms with Crippen molar-refractivity contribution < 1.29 is 18.4 Å². The zero-order chi connectivity index (χ0) is 22.4. The minimum absolute atomic E-state index is 0.0195. The van der Waals surface area contributed by atoms with E-state index in [0.29, 0.717) is 18.0 Å². The van der Waals surface area contributed by atoms with Gasteiger partial charge in [-0.3, -0.25) is 9.59 Å². The Morgan fingerprint density at radius 2 is 2.03 bits per heavy atom. The van der Waals surface area contributed by atoms with Gasteiger partial charge in [0.05, 0.1) is 5.56 Å². The first-order valence-corrected chi connectivity index (χ1v) is 10.6. The summed E-state index contributed by atoms with van der Waals surface area (Å²) in [5.41, 5.74) is 2.35. The summed E-state index contributed by atoms with van der Waals surface area (Å²) >= 11 is 0. The Bertz CT molecular complexity index is 1260. The number of benzene rings is 1. The Balaban J connectivity index is 1.44. The number of amides is 2. The minimum Gasteiger partial charge on any atom is -0.346 e. The molecule has 0 saturated heterocycles. The van der Waals surface area contributed by atoms with Crippen molar-refractivity contribution in [3.8, 4) is 0 Å². The first-order valence-electron chi connectivity index (χ1n) is 10.6. The van der Waals surface area contributed by atoms with Crippen molar-refractivity contribution >= 4 is 34.2 Å². The summed E-state index contributed by atoms with van der Waals surface area (Å²) in [6.07, 6.45) is 5.53. The number of H-pyrrole nitrogens is 1.